The van der Waals surface area contributed by atoms with E-state index in [2.05, 4.69) is 26.6 Å². The fraction of sp³-hybridized carbons (Fsp3) is 0.103. The van der Waals surface area contributed by atoms with Gasteiger partial charge in [0.15, 0.2) is 46.8 Å². The lowest BCUT2D eigenvalue weighted by Crippen LogP contribution is -2.27. The molecule has 15 aromatic rings. The second kappa shape index (κ2) is 48.4. The van der Waals surface area contributed by atoms with Gasteiger partial charge in [-0.15, -0.1) is 0 Å². The molecule has 0 aromatic heterocycles. The number of benzene rings is 15. The zero-order chi connectivity index (χ0) is 106. The summed E-state index contributed by atoms with van der Waals surface area (Å²) in [6, 6.07) is 71.1. The zero-order valence-corrected chi connectivity index (χ0v) is 84.1. The van der Waals surface area contributed by atoms with Crippen LogP contribution < -0.4 is 10.6 Å². The molecule has 7 N–H and O–H groups in total. The zero-order valence-electron chi connectivity index (χ0n) is 76.3. The summed E-state index contributed by atoms with van der Waals surface area (Å²) in [5.74, 6) is -15.8. The van der Waals surface area contributed by atoms with Crippen molar-refractivity contribution in [3.8, 4) is 90.5 Å². The summed E-state index contributed by atoms with van der Waals surface area (Å²) in [6.07, 6.45) is 1.69. The molecular formula is C107H79BrCl5F8N5O17S3. The van der Waals surface area contributed by atoms with Crippen molar-refractivity contribution in [2.45, 2.75) is 51.7 Å². The lowest BCUT2D eigenvalue weighted by molar-refractivity contribution is 0.0525. The molecule has 1 aliphatic rings. The first-order valence-corrected chi connectivity index (χ1v) is 50.9. The van der Waals surface area contributed by atoms with E-state index in [1.165, 1.54) is 67.5 Å². The van der Waals surface area contributed by atoms with Gasteiger partial charge in [0, 0.05) is 94.4 Å². The number of phenols is 5. The summed E-state index contributed by atoms with van der Waals surface area (Å²) in [5, 5.41) is 63.4. The minimum Gasteiger partial charge on any atom is -0.506 e. The highest BCUT2D eigenvalue weighted by molar-refractivity contribution is 9.10. The van der Waals surface area contributed by atoms with Gasteiger partial charge in [0.2, 0.25) is 0 Å². The molecule has 0 unspecified atom stereocenters. The largest absolute Gasteiger partial charge is 0.506 e. The Kier molecular flexibility index (Phi) is 36.5. The second-order valence-corrected chi connectivity index (χ2v) is 41.1. The van der Waals surface area contributed by atoms with E-state index in [1.54, 1.807) is 121 Å². The van der Waals surface area contributed by atoms with Crippen molar-refractivity contribution in [3.05, 3.63) is 411 Å². The minimum atomic E-state index is -4.38. The maximum absolute atomic E-state index is 14.5. The van der Waals surface area contributed by atoms with Gasteiger partial charge >= 0.3 is 5.97 Å². The van der Waals surface area contributed by atoms with E-state index in [0.29, 0.717) is 52.5 Å². The third-order valence-electron chi connectivity index (χ3n) is 21.9. The van der Waals surface area contributed by atoms with Crippen LogP contribution in [0.2, 0.25) is 25.1 Å². The molecule has 4 amide bonds. The van der Waals surface area contributed by atoms with Crippen LogP contribution in [0.5, 0.6) is 28.7 Å². The molecule has 0 saturated carbocycles. The molecule has 0 atom stereocenters. The van der Waals surface area contributed by atoms with E-state index in [9.17, 15) is 110 Å². The molecular weight excluding hydrogens is 2130 g/mol. The molecule has 22 nitrogen and oxygen atoms in total. The van der Waals surface area contributed by atoms with Gasteiger partial charge in [-0.3, -0.25) is 19.2 Å². The average Bonchev–Trinajstić information content (AvgIpc) is 1.37. The molecule has 1 saturated heterocycles. The number of hydrogen-bond donors (Lipinski definition) is 7. The summed E-state index contributed by atoms with van der Waals surface area (Å²) in [4.78, 5) is 62.7. The van der Waals surface area contributed by atoms with E-state index in [-0.39, 0.29) is 116 Å². The average molecular weight is 2210 g/mol. The molecule has 39 heteroatoms. The molecule has 1 fully saturated rings. The number of sulfone groups is 3. The summed E-state index contributed by atoms with van der Waals surface area (Å²) < 4.78 is 198. The van der Waals surface area contributed by atoms with Crippen LogP contribution in [0.25, 0.3) is 55.6 Å². The topological polar surface area (TPSA) is 352 Å². The van der Waals surface area contributed by atoms with Crippen LogP contribution in [0.4, 0.5) is 46.5 Å². The summed E-state index contributed by atoms with van der Waals surface area (Å²) in [5.41, 5.74) is 3.38. The number of ether oxygens (including phenoxy) is 1. The van der Waals surface area contributed by atoms with Crippen molar-refractivity contribution in [1.29, 1.82) is 5.26 Å². The van der Waals surface area contributed by atoms with E-state index in [4.69, 9.17) is 68.0 Å². The van der Waals surface area contributed by atoms with Crippen LogP contribution in [0.1, 0.15) is 93.8 Å². The van der Waals surface area contributed by atoms with Gasteiger partial charge in [0.05, 0.1) is 88.7 Å². The Balaban J connectivity index is 0.000000163. The minimum absolute atomic E-state index is 0.0156. The van der Waals surface area contributed by atoms with Crippen molar-refractivity contribution >= 4 is 144 Å². The highest BCUT2D eigenvalue weighted by Gasteiger charge is 2.33. The maximum atomic E-state index is 14.5. The lowest BCUT2D eigenvalue weighted by atomic mass is 10.0. The second-order valence-electron chi connectivity index (χ2n) is 32.3. The van der Waals surface area contributed by atoms with E-state index in [0.717, 1.165) is 83.6 Å². The number of nitrogens with one attached hydrogen (secondary N) is 2. The van der Waals surface area contributed by atoms with Crippen LogP contribution in [-0.4, -0.2) is 124 Å². The van der Waals surface area contributed by atoms with Crippen LogP contribution in [-0.2, 0) is 51.5 Å². The number of phenolic OH excluding ortho intramolecular Hbond substituents is 5. The number of aromatic hydroxyl groups is 5. The first-order chi connectivity index (χ1) is 69.3. The number of rotatable bonds is 22. The number of likely N-dealkylation sites (tertiary alicyclic amines) is 1. The number of carbonyl (C=O) groups is 5. The molecule has 0 radical (unpaired) electrons. The predicted molar refractivity (Wildman–Crippen MR) is 545 cm³/mol. The molecule has 0 spiro atoms. The van der Waals surface area contributed by atoms with Crippen LogP contribution >= 0.6 is 73.9 Å². The molecule has 146 heavy (non-hydrogen) atoms. The summed E-state index contributed by atoms with van der Waals surface area (Å²) in [6.45, 7) is 2.70. The smallest absolute Gasteiger partial charge is 0.338 e. The number of anilines is 2. The van der Waals surface area contributed by atoms with Gasteiger partial charge < -0.3 is 50.7 Å². The van der Waals surface area contributed by atoms with Crippen LogP contribution in [0.15, 0.2) is 304 Å². The SMILES string of the molecule is CCOC(=O)c1cc(Cl)c(O)c(S(=O)(=O)Cc2cc(-c3ccccc3)c(F)cc2F)c1.CN(C)C(=O)c1cc(Cl)c(O)c(S(=O)(=O)Cc2cc(-c3ccccc3)c(F)cc2F)c1.N#Cc1cc(Cl)c(O)c(C(=O)Nc2cc(-c3ccccc3)ccc2F)c1.O=C(Nc1cc(-c2ccccc2)ccc1F)c1cc(Br)cc(Cl)c1O.O=C(c1cc(Cl)c(O)c(S(=O)(=O)Cc2cc(-c3ccccc3)c(F)cc2F)c1)N1CCCC1. The van der Waals surface area contributed by atoms with Crippen LogP contribution in [0.3, 0.4) is 0 Å². The number of nitriles is 1. The Morgan fingerprint density at radius 2 is 0.705 bits per heavy atom. The Morgan fingerprint density at radius 1 is 0.384 bits per heavy atom. The van der Waals surface area contributed by atoms with E-state index in [1.807, 2.05) is 66.7 Å². The molecule has 0 aliphatic carbocycles. The van der Waals surface area contributed by atoms with Gasteiger partial charge in [-0.05, 0) is 162 Å². The van der Waals surface area contributed by atoms with Gasteiger partial charge in [-0.1, -0.05) is 238 Å². The van der Waals surface area contributed by atoms with Crippen molar-refractivity contribution in [2.24, 2.45) is 0 Å². The van der Waals surface area contributed by atoms with Gasteiger partial charge in [0.1, 0.15) is 72.7 Å². The fourth-order valence-electron chi connectivity index (χ4n) is 14.7. The molecule has 15 aromatic carbocycles. The van der Waals surface area contributed by atoms with E-state index >= 15 is 0 Å². The third-order valence-corrected chi connectivity index (χ3v) is 28.9. The van der Waals surface area contributed by atoms with Crippen molar-refractivity contribution in [3.63, 3.8) is 0 Å². The standard InChI is InChI=1S/C24H20ClF2NO4S.C22H18ClF2NO4S.C22H17ClF2O5S.C20H12ClFN2O2.C19H12BrClFNO2/c25-19-11-16(24(30)28-8-4-5-9-28)12-22(23(19)29)33(31,32)14-17-10-18(21(27)13-20(17)26)15-6-2-1-3-7-15;1-26(2)22(28)14-9-17(23)21(27)20(10-14)31(29,30)12-15-8-16(19(25)11-18(15)24)13-6-4-3-5-7-13;1-2-30-22(27)14-9-17(23)21(26)20(10-14)31(28,29)12-15-8-16(19(25)11-18(15)24)13-6-4-3-5-7-13;21-16-9-12(11-23)8-15(19(16)25)20(26)24-18-10-14(6-7-17(18)22)13-4-2-1-3-5-13;20-13-9-14(18(24)15(21)10-13)19(25)23-17-8-12(6-7-16(17)22)11-4-2-1-3-5-11/h1-3,6-7,10-13,29H,4-5,8-9,14H2;3-11,27H,12H2,1-2H3;3-11,26H,2,12H2,1H3;1-10,25H,(H,24,26);1-10,24H,(H,23,25). The predicted octanol–water partition coefficient (Wildman–Crippen LogP) is 25.9. The van der Waals surface area contributed by atoms with Gasteiger partial charge in [-0.2, -0.15) is 5.26 Å². The highest BCUT2D eigenvalue weighted by Crippen LogP contribution is 2.43. The van der Waals surface area contributed by atoms with Gasteiger partial charge in [-0.25, -0.2) is 65.2 Å². The molecule has 1 aliphatic heterocycles. The Labute approximate surface area is 865 Å². The number of nitrogens with zero attached hydrogens (tertiary/aromatic N) is 3. The van der Waals surface area contributed by atoms with Crippen molar-refractivity contribution in [2.75, 3.05) is 44.4 Å². The molecule has 750 valence electrons. The highest BCUT2D eigenvalue weighted by atomic mass is 79.9. The summed E-state index contributed by atoms with van der Waals surface area (Å²) in [7, 11) is -10.1. The van der Waals surface area contributed by atoms with Crippen molar-refractivity contribution < 1.29 is 115 Å². The number of amides is 4. The first kappa shape index (κ1) is 110. The first-order valence-electron chi connectivity index (χ1n) is 43.2. The molecule has 0 bridgehead atoms. The third kappa shape index (κ3) is 27.1. The Morgan fingerprint density at radius 3 is 1.06 bits per heavy atom. The summed E-state index contributed by atoms with van der Waals surface area (Å²) >= 11 is 32.7. The fourth-order valence-corrected chi connectivity index (χ4v) is 21.0. The monoisotopic (exact) mass is 2210 g/mol. The number of hydrogen-bond acceptors (Lipinski definition) is 18. The van der Waals surface area contributed by atoms with Gasteiger partial charge in [0.25, 0.3) is 23.6 Å². The quantitative estimate of drug-likeness (QED) is 0.0245. The number of halogens is 14. The molecule has 16 rings (SSSR count). The number of carbonyl (C=O) groups excluding carboxylic acids is 5. The number of esters is 1. The van der Waals surface area contributed by atoms with Crippen molar-refractivity contribution in [1.82, 2.24) is 9.80 Å². The maximum Gasteiger partial charge on any atom is 0.338 e. The normalized spacial score (nSPS) is 11.6. The Hall–Kier alpha value is -14.6. The molecule has 1 heterocycles. The van der Waals surface area contributed by atoms with Crippen LogP contribution in [0, 0.1) is 57.9 Å². The van der Waals surface area contributed by atoms with E-state index < -0.39 is 161 Å². The lowest BCUT2D eigenvalue weighted by Gasteiger charge is -2.17. The Bertz CT molecular complexity index is 7960.